The maximum Gasteiger partial charge on any atom is 0.337 e. The molecule has 3 N–H and O–H groups in total. The van der Waals surface area contributed by atoms with Gasteiger partial charge >= 0.3 is 5.97 Å². The lowest BCUT2D eigenvalue weighted by Crippen LogP contribution is -2.20. The van der Waals surface area contributed by atoms with Crippen LogP contribution in [0.4, 0.5) is 11.4 Å². The summed E-state index contributed by atoms with van der Waals surface area (Å²) in [5.41, 5.74) is 7.46. The summed E-state index contributed by atoms with van der Waals surface area (Å²) in [5.74, 6) is -0.273. The van der Waals surface area contributed by atoms with E-state index >= 15 is 0 Å². The number of hydrogen-bond acceptors (Lipinski definition) is 4. The molecular formula is C14H15ClN2O3. The molecule has 0 fully saturated rings. The van der Waals surface area contributed by atoms with Crippen LogP contribution >= 0.6 is 11.6 Å². The first-order valence-corrected chi connectivity index (χ1v) is 6.34. The summed E-state index contributed by atoms with van der Waals surface area (Å²) in [5, 5.41) is 9.60. The fourth-order valence-electron chi connectivity index (χ4n) is 2.08. The molecule has 2 rings (SSSR count). The average molecular weight is 295 g/mol. The summed E-state index contributed by atoms with van der Waals surface area (Å²) < 4.78 is 5.23. The molecule has 1 aromatic heterocycles. The highest BCUT2D eigenvalue weighted by atomic mass is 35.5. The number of anilines is 2. The van der Waals surface area contributed by atoms with Gasteiger partial charge in [0.15, 0.2) is 0 Å². The van der Waals surface area contributed by atoms with Crippen LogP contribution in [-0.4, -0.2) is 18.1 Å². The van der Waals surface area contributed by atoms with Crippen LogP contribution in [0, 0.1) is 6.92 Å². The second-order valence-corrected chi connectivity index (χ2v) is 4.97. The molecular weight excluding hydrogens is 280 g/mol. The highest BCUT2D eigenvalue weighted by molar-refractivity contribution is 6.34. The van der Waals surface area contributed by atoms with Crippen molar-refractivity contribution in [1.29, 1.82) is 0 Å². The molecule has 5 nitrogen and oxygen atoms in total. The molecule has 0 unspecified atom stereocenters. The number of hydrogen-bond donors (Lipinski definition) is 2. The van der Waals surface area contributed by atoms with Crippen LogP contribution in [0.3, 0.4) is 0 Å². The van der Waals surface area contributed by atoms with Crippen LogP contribution in [-0.2, 0) is 6.54 Å². The molecule has 0 aliphatic heterocycles. The van der Waals surface area contributed by atoms with Crippen molar-refractivity contribution in [2.45, 2.75) is 13.5 Å². The van der Waals surface area contributed by atoms with Gasteiger partial charge in [-0.15, -0.1) is 0 Å². The fraction of sp³-hybridized carbons (Fsp3) is 0.214. The van der Waals surface area contributed by atoms with Gasteiger partial charge in [0.05, 0.1) is 22.5 Å². The molecule has 1 heterocycles. The lowest BCUT2D eigenvalue weighted by atomic mass is 10.1. The third-order valence-corrected chi connectivity index (χ3v) is 3.36. The summed E-state index contributed by atoms with van der Waals surface area (Å²) in [6.07, 6.45) is 1.60. The SMILES string of the molecule is Cc1occc1CN(C)c1c(Cl)cc(N)cc1C(=O)O. The Morgan fingerprint density at radius 3 is 2.75 bits per heavy atom. The molecule has 0 saturated carbocycles. The van der Waals surface area contributed by atoms with Gasteiger partial charge in [-0.1, -0.05) is 11.6 Å². The third kappa shape index (κ3) is 2.72. The minimum absolute atomic E-state index is 0.0821. The zero-order valence-electron chi connectivity index (χ0n) is 11.2. The maximum absolute atomic E-state index is 11.3. The van der Waals surface area contributed by atoms with E-state index in [-0.39, 0.29) is 5.56 Å². The first-order chi connectivity index (χ1) is 9.40. The molecule has 0 radical (unpaired) electrons. The lowest BCUT2D eigenvalue weighted by Gasteiger charge is -2.22. The largest absolute Gasteiger partial charge is 0.478 e. The van der Waals surface area contributed by atoms with Crippen LogP contribution in [0.1, 0.15) is 21.7 Å². The number of rotatable bonds is 4. The van der Waals surface area contributed by atoms with Crippen LogP contribution in [0.15, 0.2) is 28.9 Å². The topological polar surface area (TPSA) is 79.7 Å². The predicted octanol–water partition coefficient (Wildman–Crippen LogP) is 3.16. The van der Waals surface area contributed by atoms with Gasteiger partial charge in [0, 0.05) is 24.8 Å². The van der Waals surface area contributed by atoms with Crippen LogP contribution in [0.25, 0.3) is 0 Å². The number of carbonyl (C=O) groups is 1. The van der Waals surface area contributed by atoms with Crippen molar-refractivity contribution >= 4 is 28.9 Å². The van der Waals surface area contributed by atoms with E-state index in [4.69, 9.17) is 21.8 Å². The monoisotopic (exact) mass is 294 g/mol. The summed E-state index contributed by atoms with van der Waals surface area (Å²) in [7, 11) is 1.77. The standard InChI is InChI=1S/C14H15ClN2O3/c1-8-9(3-4-20-8)7-17(2)13-11(14(18)19)5-10(16)6-12(13)15/h3-6H,7,16H2,1-2H3,(H,18,19). The van der Waals surface area contributed by atoms with E-state index in [0.717, 1.165) is 11.3 Å². The van der Waals surface area contributed by atoms with Crippen molar-refractivity contribution in [3.05, 3.63) is 46.4 Å². The molecule has 0 aliphatic carbocycles. The number of aryl methyl sites for hydroxylation is 1. The number of carboxylic acids is 1. The number of nitrogens with zero attached hydrogens (tertiary/aromatic N) is 1. The minimum atomic E-state index is -1.06. The van der Waals surface area contributed by atoms with Crippen LogP contribution in [0.2, 0.25) is 5.02 Å². The Morgan fingerprint density at radius 1 is 1.50 bits per heavy atom. The minimum Gasteiger partial charge on any atom is -0.478 e. The Balaban J connectivity index is 2.41. The normalized spacial score (nSPS) is 10.6. The lowest BCUT2D eigenvalue weighted by molar-refractivity contribution is 0.0697. The second-order valence-electron chi connectivity index (χ2n) is 4.56. The molecule has 0 spiro atoms. The van der Waals surface area contributed by atoms with E-state index in [2.05, 4.69) is 0 Å². The average Bonchev–Trinajstić information content (AvgIpc) is 2.73. The molecule has 1 aromatic carbocycles. The molecule has 2 aromatic rings. The smallest absolute Gasteiger partial charge is 0.337 e. The molecule has 0 bridgehead atoms. The quantitative estimate of drug-likeness (QED) is 0.847. The molecule has 0 amide bonds. The molecule has 0 atom stereocenters. The maximum atomic E-state index is 11.3. The number of halogens is 1. The van der Waals surface area contributed by atoms with Crippen molar-refractivity contribution in [2.24, 2.45) is 0 Å². The molecule has 0 aliphatic rings. The van der Waals surface area contributed by atoms with Gasteiger partial charge < -0.3 is 20.2 Å². The van der Waals surface area contributed by atoms with Crippen LogP contribution < -0.4 is 10.6 Å². The summed E-state index contributed by atoms with van der Waals surface area (Å²) >= 11 is 6.15. The molecule has 20 heavy (non-hydrogen) atoms. The predicted molar refractivity (Wildman–Crippen MR) is 78.4 cm³/mol. The molecule has 0 saturated heterocycles. The van der Waals surface area contributed by atoms with Crippen LogP contribution in [0.5, 0.6) is 0 Å². The Kier molecular flexibility index (Phi) is 3.90. The van der Waals surface area contributed by atoms with Crippen molar-refractivity contribution < 1.29 is 14.3 Å². The van der Waals surface area contributed by atoms with Gasteiger partial charge in [-0.25, -0.2) is 4.79 Å². The van der Waals surface area contributed by atoms with E-state index < -0.39 is 5.97 Å². The zero-order valence-corrected chi connectivity index (χ0v) is 11.9. The van der Waals surface area contributed by atoms with Gasteiger partial charge in [-0.05, 0) is 25.1 Å². The van der Waals surface area contributed by atoms with Gasteiger partial charge in [-0.2, -0.15) is 0 Å². The fourth-order valence-corrected chi connectivity index (χ4v) is 2.45. The molecule has 106 valence electrons. The van der Waals surface area contributed by atoms with E-state index in [1.54, 1.807) is 24.3 Å². The Labute approximate surface area is 121 Å². The Bertz CT molecular complexity index is 652. The number of nitrogen functional groups attached to an aromatic ring is 1. The van der Waals surface area contributed by atoms with Gasteiger partial charge in [0.2, 0.25) is 0 Å². The first kappa shape index (κ1) is 14.3. The van der Waals surface area contributed by atoms with E-state index in [1.807, 2.05) is 13.0 Å². The highest BCUT2D eigenvalue weighted by Gasteiger charge is 2.19. The number of nitrogens with two attached hydrogens (primary N) is 1. The number of benzene rings is 1. The second kappa shape index (κ2) is 5.46. The third-order valence-electron chi connectivity index (χ3n) is 3.07. The van der Waals surface area contributed by atoms with Gasteiger partial charge in [0.1, 0.15) is 5.76 Å². The summed E-state index contributed by atoms with van der Waals surface area (Å²) in [6.45, 7) is 2.35. The van der Waals surface area contributed by atoms with E-state index in [9.17, 15) is 9.90 Å². The summed E-state index contributed by atoms with van der Waals surface area (Å²) in [4.78, 5) is 13.1. The summed E-state index contributed by atoms with van der Waals surface area (Å²) in [6, 6.07) is 4.79. The highest BCUT2D eigenvalue weighted by Crippen LogP contribution is 2.33. The van der Waals surface area contributed by atoms with Crippen molar-refractivity contribution in [3.63, 3.8) is 0 Å². The van der Waals surface area contributed by atoms with Crippen molar-refractivity contribution in [2.75, 3.05) is 17.7 Å². The van der Waals surface area contributed by atoms with Crippen molar-refractivity contribution in [3.8, 4) is 0 Å². The van der Waals surface area contributed by atoms with E-state index in [1.165, 1.54) is 6.07 Å². The first-order valence-electron chi connectivity index (χ1n) is 5.96. The van der Waals surface area contributed by atoms with Gasteiger partial charge in [-0.3, -0.25) is 0 Å². The number of furan rings is 1. The number of carboxylic acid groups (broad SMARTS) is 1. The van der Waals surface area contributed by atoms with E-state index in [0.29, 0.717) is 22.9 Å². The number of aromatic carboxylic acids is 1. The van der Waals surface area contributed by atoms with Gasteiger partial charge in [0.25, 0.3) is 0 Å². The van der Waals surface area contributed by atoms with Crippen molar-refractivity contribution in [1.82, 2.24) is 0 Å². The Hall–Kier alpha value is -2.14. The zero-order chi connectivity index (χ0) is 14.9. The Morgan fingerprint density at radius 2 is 2.20 bits per heavy atom. The molecule has 6 heteroatoms.